The molecule has 0 aliphatic carbocycles. The van der Waals surface area contributed by atoms with Crippen molar-refractivity contribution in [3.05, 3.63) is 17.8 Å². The van der Waals surface area contributed by atoms with E-state index in [0.29, 0.717) is 5.69 Å². The Labute approximate surface area is 95.9 Å². The number of rotatable bonds is 4. The van der Waals surface area contributed by atoms with Gasteiger partial charge in [-0.3, -0.25) is 4.72 Å². The summed E-state index contributed by atoms with van der Waals surface area (Å²) in [5.41, 5.74) is 1.32. The molecule has 0 saturated heterocycles. The highest BCUT2D eigenvalue weighted by Crippen LogP contribution is 2.26. The van der Waals surface area contributed by atoms with Crippen molar-refractivity contribution in [3.63, 3.8) is 0 Å². The summed E-state index contributed by atoms with van der Waals surface area (Å²) >= 11 is 0. The summed E-state index contributed by atoms with van der Waals surface area (Å²) in [5, 5.41) is 0. The molecule has 6 heteroatoms. The fraction of sp³-hybridized carbons (Fsp3) is 0.500. The molecule has 1 N–H and O–H groups in total. The van der Waals surface area contributed by atoms with Crippen molar-refractivity contribution in [2.45, 2.75) is 19.8 Å². The van der Waals surface area contributed by atoms with Crippen LogP contribution in [0.3, 0.4) is 0 Å². The predicted molar refractivity (Wildman–Crippen MR) is 63.3 cm³/mol. The lowest BCUT2D eigenvalue weighted by atomic mass is 10.1. The van der Waals surface area contributed by atoms with Gasteiger partial charge in [0.25, 0.3) is 0 Å². The van der Waals surface area contributed by atoms with Gasteiger partial charge in [0, 0.05) is 6.20 Å². The summed E-state index contributed by atoms with van der Waals surface area (Å²) in [7, 11) is -1.87. The molecular weight excluding hydrogens is 228 g/mol. The molecule has 0 saturated carbocycles. The van der Waals surface area contributed by atoms with E-state index in [2.05, 4.69) is 9.71 Å². The van der Waals surface area contributed by atoms with E-state index < -0.39 is 10.0 Å². The number of anilines is 1. The van der Waals surface area contributed by atoms with Crippen LogP contribution in [0.2, 0.25) is 0 Å². The molecule has 90 valence electrons. The number of methoxy groups -OCH3 is 1. The number of hydrogen-bond donors (Lipinski definition) is 1. The number of ether oxygens (including phenoxy) is 1. The molecule has 0 amide bonds. The topological polar surface area (TPSA) is 68.3 Å². The maximum absolute atomic E-state index is 11.2. The summed E-state index contributed by atoms with van der Waals surface area (Å²) in [6, 6.07) is 1.73. The zero-order chi connectivity index (χ0) is 12.3. The van der Waals surface area contributed by atoms with Crippen LogP contribution in [0.25, 0.3) is 0 Å². The summed E-state index contributed by atoms with van der Waals surface area (Å²) in [5.74, 6) is 0.549. The van der Waals surface area contributed by atoms with E-state index in [1.54, 1.807) is 12.3 Å². The Bertz CT molecular complexity index is 469. The lowest BCUT2D eigenvalue weighted by Crippen LogP contribution is -2.11. The van der Waals surface area contributed by atoms with Crippen molar-refractivity contribution in [3.8, 4) is 5.88 Å². The molecule has 1 aromatic rings. The van der Waals surface area contributed by atoms with Gasteiger partial charge in [0.2, 0.25) is 15.9 Å². The third-order valence-corrected chi connectivity index (χ3v) is 2.62. The van der Waals surface area contributed by atoms with Crippen molar-refractivity contribution >= 4 is 15.7 Å². The molecule has 0 bridgehead atoms. The summed E-state index contributed by atoms with van der Waals surface area (Å²) in [4.78, 5) is 4.05. The number of hydrogen-bond acceptors (Lipinski definition) is 4. The van der Waals surface area contributed by atoms with Gasteiger partial charge >= 0.3 is 0 Å². The zero-order valence-electron chi connectivity index (χ0n) is 9.81. The Balaban J connectivity index is 3.17. The number of pyridine rings is 1. The van der Waals surface area contributed by atoms with Gasteiger partial charge in [-0.25, -0.2) is 13.4 Å². The van der Waals surface area contributed by atoms with E-state index in [1.807, 2.05) is 13.8 Å². The van der Waals surface area contributed by atoms with Crippen LogP contribution in [0.5, 0.6) is 5.88 Å². The number of aromatic nitrogens is 1. The molecule has 0 aromatic carbocycles. The molecule has 0 spiro atoms. The van der Waals surface area contributed by atoms with Crippen molar-refractivity contribution in [1.82, 2.24) is 4.98 Å². The standard InChI is InChI=1S/C10H16N2O3S/c1-7(2)8-5-9(12-16(4,13)14)10(15-3)11-6-8/h5-7,12H,1-4H3. The molecule has 0 radical (unpaired) electrons. The maximum atomic E-state index is 11.2. The minimum absolute atomic E-state index is 0.273. The molecule has 0 aliphatic rings. The molecular formula is C10H16N2O3S. The largest absolute Gasteiger partial charge is 0.480 e. The van der Waals surface area contributed by atoms with Crippen LogP contribution in [-0.2, 0) is 10.0 Å². The predicted octanol–water partition coefficient (Wildman–Crippen LogP) is 1.59. The fourth-order valence-corrected chi connectivity index (χ4v) is 1.77. The normalized spacial score (nSPS) is 11.6. The van der Waals surface area contributed by atoms with E-state index in [4.69, 9.17) is 4.74 Å². The Kier molecular flexibility index (Phi) is 3.74. The summed E-state index contributed by atoms with van der Waals surface area (Å²) < 4.78 is 29.7. The van der Waals surface area contributed by atoms with Crippen molar-refractivity contribution in [1.29, 1.82) is 0 Å². The fourth-order valence-electron chi connectivity index (χ4n) is 1.22. The molecule has 0 unspecified atom stereocenters. The van der Waals surface area contributed by atoms with Gasteiger partial charge in [0.15, 0.2) is 0 Å². The van der Waals surface area contributed by atoms with Crippen molar-refractivity contribution < 1.29 is 13.2 Å². The highest BCUT2D eigenvalue weighted by Gasteiger charge is 2.11. The first-order valence-electron chi connectivity index (χ1n) is 4.85. The Hall–Kier alpha value is -1.30. The van der Waals surface area contributed by atoms with Gasteiger partial charge in [-0.15, -0.1) is 0 Å². The second-order valence-electron chi connectivity index (χ2n) is 3.85. The van der Waals surface area contributed by atoms with Crippen LogP contribution < -0.4 is 9.46 Å². The van der Waals surface area contributed by atoms with Gasteiger partial charge in [-0.1, -0.05) is 13.8 Å². The number of nitrogens with zero attached hydrogens (tertiary/aromatic N) is 1. The molecule has 1 heterocycles. The highest BCUT2D eigenvalue weighted by molar-refractivity contribution is 7.92. The Morgan fingerprint density at radius 2 is 2.06 bits per heavy atom. The first kappa shape index (κ1) is 12.8. The second kappa shape index (κ2) is 4.69. The van der Waals surface area contributed by atoms with Crippen molar-refractivity contribution in [2.75, 3.05) is 18.1 Å². The van der Waals surface area contributed by atoms with Crippen LogP contribution in [0.4, 0.5) is 5.69 Å². The monoisotopic (exact) mass is 244 g/mol. The highest BCUT2D eigenvalue weighted by atomic mass is 32.2. The average Bonchev–Trinajstić information content (AvgIpc) is 2.15. The lowest BCUT2D eigenvalue weighted by Gasteiger charge is -2.12. The van der Waals surface area contributed by atoms with Crippen molar-refractivity contribution in [2.24, 2.45) is 0 Å². The molecule has 1 rings (SSSR count). The van der Waals surface area contributed by atoms with Gasteiger partial charge in [-0.2, -0.15) is 0 Å². The summed E-state index contributed by atoms with van der Waals surface area (Å²) in [6.07, 6.45) is 2.77. The van der Waals surface area contributed by atoms with Crippen LogP contribution in [0.1, 0.15) is 25.3 Å². The van der Waals surface area contributed by atoms with Gasteiger partial charge in [0.05, 0.1) is 13.4 Å². The first-order chi connectivity index (χ1) is 7.33. The average molecular weight is 244 g/mol. The van der Waals surface area contributed by atoms with Gasteiger partial charge in [-0.05, 0) is 17.5 Å². The van der Waals surface area contributed by atoms with Gasteiger partial charge in [0.1, 0.15) is 5.69 Å². The third-order valence-electron chi connectivity index (χ3n) is 2.03. The molecule has 0 aliphatic heterocycles. The van der Waals surface area contributed by atoms with Crippen LogP contribution in [0, 0.1) is 0 Å². The minimum Gasteiger partial charge on any atom is -0.480 e. The molecule has 16 heavy (non-hydrogen) atoms. The number of sulfonamides is 1. The van der Waals surface area contributed by atoms with E-state index in [0.717, 1.165) is 11.8 Å². The van der Waals surface area contributed by atoms with E-state index in [-0.39, 0.29) is 11.8 Å². The Morgan fingerprint density at radius 1 is 1.44 bits per heavy atom. The minimum atomic E-state index is -3.32. The van der Waals surface area contributed by atoms with E-state index in [1.165, 1.54) is 7.11 Å². The summed E-state index contributed by atoms with van der Waals surface area (Å²) in [6.45, 7) is 4.02. The SMILES string of the molecule is COc1ncc(C(C)C)cc1NS(C)(=O)=O. The van der Waals surface area contributed by atoms with E-state index >= 15 is 0 Å². The van der Waals surface area contributed by atoms with Crippen LogP contribution >= 0.6 is 0 Å². The Morgan fingerprint density at radius 3 is 2.50 bits per heavy atom. The molecule has 5 nitrogen and oxygen atoms in total. The molecule has 1 aromatic heterocycles. The van der Waals surface area contributed by atoms with E-state index in [9.17, 15) is 8.42 Å². The third kappa shape index (κ3) is 3.37. The lowest BCUT2D eigenvalue weighted by molar-refractivity contribution is 0.400. The van der Waals surface area contributed by atoms with Crippen LogP contribution in [0.15, 0.2) is 12.3 Å². The van der Waals surface area contributed by atoms with Gasteiger partial charge < -0.3 is 4.74 Å². The smallest absolute Gasteiger partial charge is 0.238 e. The molecule has 0 atom stereocenters. The first-order valence-corrected chi connectivity index (χ1v) is 6.74. The zero-order valence-corrected chi connectivity index (χ0v) is 10.6. The van der Waals surface area contributed by atoms with Crippen LogP contribution in [-0.4, -0.2) is 26.8 Å². The maximum Gasteiger partial charge on any atom is 0.238 e. The second-order valence-corrected chi connectivity index (χ2v) is 5.60. The molecule has 0 fully saturated rings. The quantitative estimate of drug-likeness (QED) is 0.873. The number of nitrogens with one attached hydrogen (secondary N) is 1.